The number of nitrogens with zero attached hydrogens (tertiary/aromatic N) is 1. The van der Waals surface area contributed by atoms with Gasteiger partial charge in [0.2, 0.25) is 0 Å². The van der Waals surface area contributed by atoms with Gasteiger partial charge in [-0.3, -0.25) is 0 Å². The van der Waals surface area contributed by atoms with Gasteiger partial charge in [0, 0.05) is 19.1 Å². The summed E-state index contributed by atoms with van der Waals surface area (Å²) in [6.07, 6.45) is 3.15. The highest BCUT2D eigenvalue weighted by atomic mass is 32.2. The maximum Gasteiger partial charge on any atom is 0.350 e. The van der Waals surface area contributed by atoms with Crippen LogP contribution in [0.25, 0.3) is 0 Å². The van der Waals surface area contributed by atoms with Crippen LogP contribution in [0.2, 0.25) is 0 Å². The number of rotatable bonds is 6. The molecule has 1 fully saturated rings. The van der Waals surface area contributed by atoms with Crippen LogP contribution < -0.4 is 5.32 Å². The first-order valence-electron chi connectivity index (χ1n) is 5.99. The van der Waals surface area contributed by atoms with Gasteiger partial charge in [0.1, 0.15) is 0 Å². The van der Waals surface area contributed by atoms with E-state index in [2.05, 4.69) is 5.32 Å². The molecule has 1 atom stereocenters. The van der Waals surface area contributed by atoms with Gasteiger partial charge in [0.05, 0.1) is 0 Å². The Kier molecular flexibility index (Phi) is 5.75. The summed E-state index contributed by atoms with van der Waals surface area (Å²) in [5.74, 6) is -3.31. The second kappa shape index (κ2) is 6.61. The molecule has 17 heavy (non-hydrogen) atoms. The van der Waals surface area contributed by atoms with E-state index in [-0.39, 0.29) is 12.6 Å². The van der Waals surface area contributed by atoms with Crippen molar-refractivity contribution in [3.63, 3.8) is 0 Å². The molecule has 0 radical (unpaired) electrons. The Bertz CT molecular complexity index is 322. The Morgan fingerprint density at radius 2 is 2.12 bits per heavy atom. The molecular formula is C10H20F2N2O2S. The van der Waals surface area contributed by atoms with Crippen molar-refractivity contribution >= 4 is 10.0 Å². The average Bonchev–Trinajstić information content (AvgIpc) is 2.29. The minimum Gasteiger partial charge on any atom is -0.315 e. The summed E-state index contributed by atoms with van der Waals surface area (Å²) in [5, 5.41) is 3.09. The summed E-state index contributed by atoms with van der Waals surface area (Å²) in [6.45, 7) is 3.45. The lowest BCUT2D eigenvalue weighted by Gasteiger charge is -2.34. The molecule has 0 bridgehead atoms. The van der Waals surface area contributed by atoms with Crippen molar-refractivity contribution in [2.24, 2.45) is 0 Å². The third-order valence-corrected chi connectivity index (χ3v) is 4.52. The second-order valence-electron chi connectivity index (χ2n) is 4.27. The van der Waals surface area contributed by atoms with E-state index in [0.29, 0.717) is 19.4 Å². The standard InChI is InChI=1S/C10H20F2N2O2S/c1-2-6-13-8-9-5-3-4-7-14(9)17(15,16)10(11)12/h9-10,13H,2-8H2,1H3. The van der Waals surface area contributed by atoms with Gasteiger partial charge >= 0.3 is 5.76 Å². The Balaban J connectivity index is 2.66. The quantitative estimate of drug-likeness (QED) is 0.742. The fourth-order valence-corrected chi connectivity index (χ4v) is 3.24. The zero-order chi connectivity index (χ0) is 12.9. The molecule has 1 aliphatic heterocycles. The van der Waals surface area contributed by atoms with Crippen molar-refractivity contribution in [1.29, 1.82) is 0 Å². The molecule has 0 amide bonds. The summed E-state index contributed by atoms with van der Waals surface area (Å²) in [7, 11) is -4.43. The second-order valence-corrected chi connectivity index (χ2v) is 6.13. The zero-order valence-corrected chi connectivity index (χ0v) is 10.8. The smallest absolute Gasteiger partial charge is 0.315 e. The SMILES string of the molecule is CCCNCC1CCCCN1S(=O)(=O)C(F)F. The molecule has 0 saturated carbocycles. The van der Waals surface area contributed by atoms with Gasteiger partial charge in [-0.2, -0.15) is 13.1 Å². The predicted octanol–water partition coefficient (Wildman–Crippen LogP) is 1.39. The van der Waals surface area contributed by atoms with Crippen molar-refractivity contribution in [2.75, 3.05) is 19.6 Å². The first kappa shape index (κ1) is 14.8. The predicted molar refractivity (Wildman–Crippen MR) is 62.4 cm³/mol. The number of sulfonamides is 1. The van der Waals surface area contributed by atoms with E-state index in [9.17, 15) is 17.2 Å². The lowest BCUT2D eigenvalue weighted by Crippen LogP contribution is -2.50. The molecule has 1 unspecified atom stereocenters. The molecule has 0 aromatic carbocycles. The van der Waals surface area contributed by atoms with Crippen molar-refractivity contribution in [1.82, 2.24) is 9.62 Å². The van der Waals surface area contributed by atoms with Crippen molar-refractivity contribution in [3.05, 3.63) is 0 Å². The molecule has 1 saturated heterocycles. The Hall–Kier alpha value is -0.270. The molecule has 0 aromatic rings. The Labute approximate surface area is 101 Å². The summed E-state index contributed by atoms with van der Waals surface area (Å²) in [6, 6.07) is -0.325. The monoisotopic (exact) mass is 270 g/mol. The van der Waals surface area contributed by atoms with Gasteiger partial charge in [0.15, 0.2) is 0 Å². The molecule has 1 rings (SSSR count). The average molecular weight is 270 g/mol. The Morgan fingerprint density at radius 3 is 2.71 bits per heavy atom. The third-order valence-electron chi connectivity index (χ3n) is 2.93. The zero-order valence-electron chi connectivity index (χ0n) is 10.0. The number of piperidine rings is 1. The lowest BCUT2D eigenvalue weighted by atomic mass is 10.1. The van der Waals surface area contributed by atoms with Crippen LogP contribution in [0.4, 0.5) is 8.78 Å². The van der Waals surface area contributed by atoms with Gasteiger partial charge < -0.3 is 5.32 Å². The normalized spacial score (nSPS) is 23.2. The van der Waals surface area contributed by atoms with Gasteiger partial charge in [-0.15, -0.1) is 0 Å². The first-order chi connectivity index (χ1) is 8.00. The largest absolute Gasteiger partial charge is 0.350 e. The topological polar surface area (TPSA) is 49.4 Å². The van der Waals surface area contributed by atoms with E-state index in [4.69, 9.17) is 0 Å². The van der Waals surface area contributed by atoms with Crippen LogP contribution >= 0.6 is 0 Å². The highest BCUT2D eigenvalue weighted by molar-refractivity contribution is 7.89. The maximum atomic E-state index is 12.5. The highest BCUT2D eigenvalue weighted by Gasteiger charge is 2.37. The van der Waals surface area contributed by atoms with E-state index < -0.39 is 15.8 Å². The van der Waals surface area contributed by atoms with Gasteiger partial charge in [-0.25, -0.2) is 8.42 Å². The van der Waals surface area contributed by atoms with Crippen LogP contribution in [-0.2, 0) is 10.0 Å². The van der Waals surface area contributed by atoms with Crippen molar-refractivity contribution in [3.8, 4) is 0 Å². The van der Waals surface area contributed by atoms with Gasteiger partial charge in [0.25, 0.3) is 10.0 Å². The third kappa shape index (κ3) is 3.86. The number of nitrogens with one attached hydrogen (secondary N) is 1. The van der Waals surface area contributed by atoms with Crippen molar-refractivity contribution < 1.29 is 17.2 Å². The van der Waals surface area contributed by atoms with Crippen LogP contribution in [0, 0.1) is 0 Å². The van der Waals surface area contributed by atoms with E-state index in [1.54, 1.807) is 0 Å². The van der Waals surface area contributed by atoms with Gasteiger partial charge in [-0.05, 0) is 25.8 Å². The molecule has 1 N–H and O–H groups in total. The molecule has 1 aliphatic rings. The summed E-state index contributed by atoms with van der Waals surface area (Å²) >= 11 is 0. The van der Waals surface area contributed by atoms with E-state index >= 15 is 0 Å². The molecule has 0 aliphatic carbocycles. The number of hydrogen-bond donors (Lipinski definition) is 1. The van der Waals surface area contributed by atoms with Crippen LogP contribution in [0.1, 0.15) is 32.6 Å². The maximum absolute atomic E-state index is 12.5. The highest BCUT2D eigenvalue weighted by Crippen LogP contribution is 2.23. The first-order valence-corrected chi connectivity index (χ1v) is 7.50. The van der Waals surface area contributed by atoms with Gasteiger partial charge in [-0.1, -0.05) is 13.3 Å². The van der Waals surface area contributed by atoms with E-state index in [1.165, 1.54) is 0 Å². The molecule has 1 heterocycles. The fraction of sp³-hybridized carbons (Fsp3) is 1.00. The van der Waals surface area contributed by atoms with E-state index in [1.807, 2.05) is 6.92 Å². The number of alkyl halides is 2. The molecule has 0 spiro atoms. The molecule has 0 aromatic heterocycles. The number of hydrogen-bond acceptors (Lipinski definition) is 3. The molecular weight excluding hydrogens is 250 g/mol. The minimum absolute atomic E-state index is 0.213. The lowest BCUT2D eigenvalue weighted by molar-refractivity contribution is 0.190. The molecule has 102 valence electrons. The van der Waals surface area contributed by atoms with Crippen LogP contribution in [0.15, 0.2) is 0 Å². The van der Waals surface area contributed by atoms with E-state index in [0.717, 1.165) is 23.7 Å². The number of halogens is 2. The molecule has 4 nitrogen and oxygen atoms in total. The summed E-state index contributed by atoms with van der Waals surface area (Å²) in [5.41, 5.74) is 0. The van der Waals surface area contributed by atoms with Crippen LogP contribution in [-0.4, -0.2) is 44.2 Å². The minimum atomic E-state index is -4.43. The summed E-state index contributed by atoms with van der Waals surface area (Å²) in [4.78, 5) is 0. The van der Waals surface area contributed by atoms with Crippen LogP contribution in [0.3, 0.4) is 0 Å². The van der Waals surface area contributed by atoms with Crippen LogP contribution in [0.5, 0.6) is 0 Å². The summed E-state index contributed by atoms with van der Waals surface area (Å²) < 4.78 is 48.9. The molecule has 7 heteroatoms. The Morgan fingerprint density at radius 1 is 1.41 bits per heavy atom. The van der Waals surface area contributed by atoms with Crippen molar-refractivity contribution in [2.45, 2.75) is 44.4 Å². The fourth-order valence-electron chi connectivity index (χ4n) is 2.06.